The molecule has 3 rings (SSSR count). The minimum atomic E-state index is -0.0532. The molecular formula is C22H24N4O2. The molecular weight excluding hydrogens is 352 g/mol. The van der Waals surface area contributed by atoms with Crippen molar-refractivity contribution in [2.75, 3.05) is 26.0 Å². The van der Waals surface area contributed by atoms with E-state index in [1.807, 2.05) is 42.5 Å². The monoisotopic (exact) mass is 376 g/mol. The van der Waals surface area contributed by atoms with Gasteiger partial charge in [0.1, 0.15) is 5.75 Å². The van der Waals surface area contributed by atoms with Crippen molar-refractivity contribution < 1.29 is 9.53 Å². The topological polar surface area (TPSA) is 67.3 Å². The van der Waals surface area contributed by atoms with Crippen LogP contribution in [0.4, 0.5) is 5.69 Å². The molecule has 0 aliphatic heterocycles. The second-order valence-electron chi connectivity index (χ2n) is 6.46. The first kappa shape index (κ1) is 19.4. The van der Waals surface area contributed by atoms with Crippen molar-refractivity contribution in [3.8, 4) is 5.75 Å². The van der Waals surface area contributed by atoms with Crippen LogP contribution in [0.5, 0.6) is 5.75 Å². The number of carbonyl (C=O) groups is 1. The van der Waals surface area contributed by atoms with Gasteiger partial charge in [-0.2, -0.15) is 0 Å². The normalized spacial score (nSPS) is 10.4. The van der Waals surface area contributed by atoms with E-state index in [-0.39, 0.29) is 5.91 Å². The Bertz CT molecular complexity index is 915. The van der Waals surface area contributed by atoms with E-state index in [2.05, 4.69) is 15.3 Å². The standard InChI is InChI=1S/C22H24N4O2/c1-26(12-9-17-7-10-23-11-8-17)22(27)19-13-20(16-24-14-19)25-15-18-5-3-4-6-21(18)28-2/h3-8,10-11,13-14,16,25H,9,12,15H2,1-2H3. The number of para-hydroxylation sites is 1. The van der Waals surface area contributed by atoms with Crippen LogP contribution >= 0.6 is 0 Å². The fourth-order valence-corrected chi connectivity index (χ4v) is 2.87. The van der Waals surface area contributed by atoms with Gasteiger partial charge in [0.15, 0.2) is 0 Å². The molecule has 1 aromatic carbocycles. The number of methoxy groups -OCH3 is 1. The molecule has 2 heterocycles. The van der Waals surface area contributed by atoms with Gasteiger partial charge in [0.05, 0.1) is 18.4 Å². The Labute approximate surface area is 165 Å². The van der Waals surface area contributed by atoms with Crippen molar-refractivity contribution in [3.05, 3.63) is 83.9 Å². The third-order valence-electron chi connectivity index (χ3n) is 4.49. The molecule has 0 saturated carbocycles. The zero-order valence-electron chi connectivity index (χ0n) is 16.1. The Morgan fingerprint density at radius 1 is 1.11 bits per heavy atom. The molecule has 3 aromatic rings. The highest BCUT2D eigenvalue weighted by molar-refractivity contribution is 5.94. The van der Waals surface area contributed by atoms with Crippen LogP contribution in [-0.4, -0.2) is 41.5 Å². The Morgan fingerprint density at radius 3 is 2.68 bits per heavy atom. The van der Waals surface area contributed by atoms with Gasteiger partial charge < -0.3 is 15.0 Å². The summed E-state index contributed by atoms with van der Waals surface area (Å²) in [6.07, 6.45) is 7.61. The zero-order valence-corrected chi connectivity index (χ0v) is 16.1. The van der Waals surface area contributed by atoms with Gasteiger partial charge in [-0.25, -0.2) is 0 Å². The summed E-state index contributed by atoms with van der Waals surface area (Å²) in [4.78, 5) is 22.7. The van der Waals surface area contributed by atoms with E-state index in [0.29, 0.717) is 18.7 Å². The van der Waals surface area contributed by atoms with Crippen LogP contribution in [0.3, 0.4) is 0 Å². The number of amides is 1. The number of rotatable bonds is 8. The summed E-state index contributed by atoms with van der Waals surface area (Å²) in [5, 5.41) is 3.31. The number of nitrogens with zero attached hydrogens (tertiary/aromatic N) is 3. The van der Waals surface area contributed by atoms with Gasteiger partial charge in [0.2, 0.25) is 0 Å². The van der Waals surface area contributed by atoms with Gasteiger partial charge >= 0.3 is 0 Å². The minimum absolute atomic E-state index is 0.0532. The number of likely N-dealkylation sites (N-methyl/N-ethyl adjacent to an activating group) is 1. The van der Waals surface area contributed by atoms with Crippen LogP contribution in [0.25, 0.3) is 0 Å². The molecule has 0 unspecified atom stereocenters. The Morgan fingerprint density at radius 2 is 1.89 bits per heavy atom. The first-order valence-corrected chi connectivity index (χ1v) is 9.12. The summed E-state index contributed by atoms with van der Waals surface area (Å²) in [5.41, 5.74) is 3.54. The van der Waals surface area contributed by atoms with Crippen molar-refractivity contribution in [2.24, 2.45) is 0 Å². The molecule has 28 heavy (non-hydrogen) atoms. The maximum atomic E-state index is 12.7. The van der Waals surface area contributed by atoms with Crippen molar-refractivity contribution in [3.63, 3.8) is 0 Å². The lowest BCUT2D eigenvalue weighted by atomic mass is 10.1. The molecule has 2 aromatic heterocycles. The summed E-state index contributed by atoms with van der Waals surface area (Å²) >= 11 is 0. The zero-order chi connectivity index (χ0) is 19.8. The fraction of sp³-hybridized carbons (Fsp3) is 0.227. The number of carbonyl (C=O) groups excluding carboxylic acids is 1. The average molecular weight is 376 g/mol. The van der Waals surface area contributed by atoms with Gasteiger partial charge in [-0.15, -0.1) is 0 Å². The molecule has 0 radical (unpaired) electrons. The number of anilines is 1. The smallest absolute Gasteiger partial charge is 0.255 e. The quantitative estimate of drug-likeness (QED) is 0.653. The summed E-state index contributed by atoms with van der Waals surface area (Å²) in [5.74, 6) is 0.772. The number of hydrogen-bond donors (Lipinski definition) is 1. The Hall–Kier alpha value is -3.41. The van der Waals surface area contributed by atoms with Gasteiger partial charge in [0, 0.05) is 50.5 Å². The van der Waals surface area contributed by atoms with Crippen molar-refractivity contribution in [1.29, 1.82) is 0 Å². The van der Waals surface area contributed by atoms with Gasteiger partial charge in [-0.05, 0) is 36.2 Å². The largest absolute Gasteiger partial charge is 0.496 e. The maximum Gasteiger partial charge on any atom is 0.255 e. The predicted octanol–water partition coefficient (Wildman–Crippen LogP) is 3.41. The van der Waals surface area contributed by atoms with Crippen LogP contribution in [-0.2, 0) is 13.0 Å². The van der Waals surface area contributed by atoms with E-state index in [1.165, 1.54) is 0 Å². The lowest BCUT2D eigenvalue weighted by Gasteiger charge is -2.17. The van der Waals surface area contributed by atoms with Crippen LogP contribution in [0.2, 0.25) is 0 Å². The Balaban J connectivity index is 1.61. The molecule has 0 fully saturated rings. The molecule has 6 heteroatoms. The summed E-state index contributed by atoms with van der Waals surface area (Å²) in [6.45, 7) is 1.21. The number of hydrogen-bond acceptors (Lipinski definition) is 5. The predicted molar refractivity (Wildman–Crippen MR) is 109 cm³/mol. The molecule has 0 atom stereocenters. The van der Waals surface area contributed by atoms with Crippen molar-refractivity contribution in [2.45, 2.75) is 13.0 Å². The number of aromatic nitrogens is 2. The van der Waals surface area contributed by atoms with Gasteiger partial charge in [-0.1, -0.05) is 18.2 Å². The first-order valence-electron chi connectivity index (χ1n) is 9.12. The number of ether oxygens (including phenoxy) is 1. The second-order valence-corrected chi connectivity index (χ2v) is 6.46. The average Bonchev–Trinajstić information content (AvgIpc) is 2.76. The highest BCUT2D eigenvalue weighted by Crippen LogP contribution is 2.19. The molecule has 0 saturated heterocycles. The molecule has 144 valence electrons. The van der Waals surface area contributed by atoms with E-state index in [4.69, 9.17) is 4.74 Å². The van der Waals surface area contributed by atoms with E-state index < -0.39 is 0 Å². The van der Waals surface area contributed by atoms with Crippen LogP contribution in [0.1, 0.15) is 21.5 Å². The summed E-state index contributed by atoms with van der Waals surface area (Å²) in [7, 11) is 3.46. The van der Waals surface area contributed by atoms with Crippen molar-refractivity contribution in [1.82, 2.24) is 14.9 Å². The lowest BCUT2D eigenvalue weighted by Crippen LogP contribution is -2.29. The third kappa shape index (κ3) is 5.07. The molecule has 0 bridgehead atoms. The fourth-order valence-electron chi connectivity index (χ4n) is 2.87. The maximum absolute atomic E-state index is 12.7. The third-order valence-corrected chi connectivity index (χ3v) is 4.49. The van der Waals surface area contributed by atoms with Crippen LogP contribution in [0.15, 0.2) is 67.3 Å². The van der Waals surface area contributed by atoms with E-state index in [1.54, 1.807) is 43.8 Å². The molecule has 6 nitrogen and oxygen atoms in total. The second kappa shape index (κ2) is 9.50. The van der Waals surface area contributed by atoms with Crippen LogP contribution < -0.4 is 10.1 Å². The van der Waals surface area contributed by atoms with E-state index >= 15 is 0 Å². The minimum Gasteiger partial charge on any atom is -0.496 e. The van der Waals surface area contributed by atoms with E-state index in [9.17, 15) is 4.79 Å². The summed E-state index contributed by atoms with van der Waals surface area (Å²) < 4.78 is 5.37. The number of nitrogens with one attached hydrogen (secondary N) is 1. The van der Waals surface area contributed by atoms with Crippen LogP contribution in [0, 0.1) is 0 Å². The Kier molecular flexibility index (Phi) is 6.57. The number of benzene rings is 1. The van der Waals surface area contributed by atoms with Gasteiger partial charge in [-0.3, -0.25) is 14.8 Å². The van der Waals surface area contributed by atoms with Crippen molar-refractivity contribution >= 4 is 11.6 Å². The highest BCUT2D eigenvalue weighted by atomic mass is 16.5. The highest BCUT2D eigenvalue weighted by Gasteiger charge is 2.13. The summed E-state index contributed by atoms with van der Waals surface area (Å²) in [6, 6.07) is 13.6. The first-order chi connectivity index (χ1) is 13.7. The van der Waals surface area contributed by atoms with E-state index in [0.717, 1.165) is 29.0 Å². The number of pyridine rings is 2. The molecule has 0 aliphatic rings. The SMILES string of the molecule is COc1ccccc1CNc1cncc(C(=O)N(C)CCc2ccncc2)c1. The molecule has 1 N–H and O–H groups in total. The lowest BCUT2D eigenvalue weighted by molar-refractivity contribution is 0.0796. The molecule has 0 aliphatic carbocycles. The molecule has 1 amide bonds. The van der Waals surface area contributed by atoms with Gasteiger partial charge in [0.25, 0.3) is 5.91 Å². The molecule has 0 spiro atoms.